The lowest BCUT2D eigenvalue weighted by atomic mass is 9.71. The Kier molecular flexibility index (Phi) is 3.44. The molecule has 1 rings (SSSR count). The highest BCUT2D eigenvalue weighted by atomic mass is 14.8. The quantitative estimate of drug-likeness (QED) is 0.601. The van der Waals surface area contributed by atoms with E-state index in [0.717, 1.165) is 17.9 Å². The van der Waals surface area contributed by atoms with Crippen LogP contribution in [-0.2, 0) is 0 Å². The molecule has 64 valence electrons. The van der Waals surface area contributed by atoms with Crippen molar-refractivity contribution in [2.45, 2.75) is 45.6 Å². The van der Waals surface area contributed by atoms with Crippen LogP contribution in [0, 0.1) is 11.8 Å². The largest absolute Gasteiger partial charge is 0.359 e. The van der Waals surface area contributed by atoms with Gasteiger partial charge >= 0.3 is 0 Å². The minimum absolute atomic E-state index is 0.833. The number of nitrogens with one attached hydrogen (secondary N) is 1. The van der Waals surface area contributed by atoms with Gasteiger partial charge in [0.05, 0.1) is 0 Å². The molecule has 1 unspecified atom stereocenters. The number of rotatable bonds is 4. The van der Waals surface area contributed by atoms with Gasteiger partial charge in [0.25, 0.3) is 0 Å². The van der Waals surface area contributed by atoms with Gasteiger partial charge in [-0.2, -0.15) is 0 Å². The molecule has 0 amide bonds. The van der Waals surface area contributed by atoms with Gasteiger partial charge in [0, 0.05) is 0 Å². The minimum Gasteiger partial charge on any atom is -0.359 e. The lowest BCUT2D eigenvalue weighted by Crippen LogP contribution is -2.42. The van der Waals surface area contributed by atoms with E-state index >= 15 is 0 Å². The van der Waals surface area contributed by atoms with Gasteiger partial charge in [-0.25, -0.2) is 0 Å². The van der Waals surface area contributed by atoms with E-state index in [1.165, 1.54) is 25.7 Å². The van der Waals surface area contributed by atoms with E-state index in [2.05, 4.69) is 27.1 Å². The molecule has 1 N–H and O–H groups in total. The van der Waals surface area contributed by atoms with E-state index in [9.17, 15) is 0 Å². The monoisotopic (exact) mass is 153 g/mol. The van der Waals surface area contributed by atoms with Crippen molar-refractivity contribution in [3.8, 4) is 0 Å². The van der Waals surface area contributed by atoms with Crippen LogP contribution in [0.4, 0.5) is 0 Å². The highest BCUT2D eigenvalue weighted by Crippen LogP contribution is 2.35. The molecule has 1 aliphatic carbocycles. The standard InChI is InChI=1S/C9H20BN/c1-3-4-7(2)8-5-9(6-8)11-10/h7-9,11H,3-6,10H2,1-2H3. The van der Waals surface area contributed by atoms with Crippen LogP contribution < -0.4 is 5.23 Å². The Labute approximate surface area is 71.4 Å². The zero-order valence-electron chi connectivity index (χ0n) is 8.06. The fourth-order valence-electron chi connectivity index (χ4n) is 2.05. The van der Waals surface area contributed by atoms with Gasteiger partial charge in [0.2, 0.25) is 0 Å². The molecule has 2 heteroatoms. The van der Waals surface area contributed by atoms with Crippen molar-refractivity contribution < 1.29 is 0 Å². The van der Waals surface area contributed by atoms with Crippen molar-refractivity contribution in [1.29, 1.82) is 0 Å². The third-order valence-corrected chi connectivity index (χ3v) is 3.13. The molecule has 1 atom stereocenters. The van der Waals surface area contributed by atoms with Crippen LogP contribution in [0.25, 0.3) is 0 Å². The second kappa shape index (κ2) is 4.15. The molecule has 1 saturated carbocycles. The van der Waals surface area contributed by atoms with Gasteiger partial charge in [-0.1, -0.05) is 26.7 Å². The zero-order valence-corrected chi connectivity index (χ0v) is 8.06. The molecule has 0 aromatic heterocycles. The van der Waals surface area contributed by atoms with E-state index in [1.807, 2.05) is 0 Å². The maximum absolute atomic E-state index is 3.33. The van der Waals surface area contributed by atoms with Crippen LogP contribution in [0.1, 0.15) is 39.5 Å². The van der Waals surface area contributed by atoms with E-state index in [-0.39, 0.29) is 0 Å². The first-order valence-corrected chi connectivity index (χ1v) is 4.95. The van der Waals surface area contributed by atoms with Crippen molar-refractivity contribution in [3.63, 3.8) is 0 Å². The Morgan fingerprint density at radius 2 is 2.18 bits per heavy atom. The molecule has 0 heterocycles. The summed E-state index contributed by atoms with van der Waals surface area (Å²) in [6, 6.07) is 0.833. The summed E-state index contributed by atoms with van der Waals surface area (Å²) >= 11 is 0. The van der Waals surface area contributed by atoms with Crippen LogP contribution in [-0.4, -0.2) is 14.0 Å². The second-order valence-corrected chi connectivity index (χ2v) is 3.98. The molecule has 0 aromatic carbocycles. The highest BCUT2D eigenvalue weighted by Gasteiger charge is 2.30. The molecule has 0 spiro atoms. The molecule has 1 fully saturated rings. The third-order valence-electron chi connectivity index (χ3n) is 3.13. The summed E-state index contributed by atoms with van der Waals surface area (Å²) in [6.45, 7) is 4.69. The molecule has 0 saturated heterocycles. The van der Waals surface area contributed by atoms with E-state index in [0.29, 0.717) is 0 Å². The lowest BCUT2D eigenvalue weighted by Gasteiger charge is -2.39. The predicted octanol–water partition coefficient (Wildman–Crippen LogP) is 1.34. The van der Waals surface area contributed by atoms with Crippen LogP contribution in [0.5, 0.6) is 0 Å². The van der Waals surface area contributed by atoms with Crippen LogP contribution in [0.15, 0.2) is 0 Å². The molecular weight excluding hydrogens is 133 g/mol. The molecule has 0 aliphatic heterocycles. The molecule has 0 aromatic rings. The van der Waals surface area contributed by atoms with Crippen molar-refractivity contribution >= 4 is 7.98 Å². The van der Waals surface area contributed by atoms with Gasteiger partial charge < -0.3 is 5.23 Å². The summed E-state index contributed by atoms with van der Waals surface area (Å²) in [5.41, 5.74) is 0. The van der Waals surface area contributed by atoms with Gasteiger partial charge in [-0.05, 0) is 30.7 Å². The fourth-order valence-corrected chi connectivity index (χ4v) is 2.05. The predicted molar refractivity (Wildman–Crippen MR) is 52.3 cm³/mol. The SMILES string of the molecule is BNC1CC(C(C)CCC)C1. The van der Waals surface area contributed by atoms with Crippen LogP contribution in [0.3, 0.4) is 0 Å². The average molecular weight is 153 g/mol. The Bertz CT molecular complexity index is 110. The molecule has 0 radical (unpaired) electrons. The fraction of sp³-hybridized carbons (Fsp3) is 1.00. The van der Waals surface area contributed by atoms with Crippen molar-refractivity contribution in [2.24, 2.45) is 11.8 Å². The first-order valence-electron chi connectivity index (χ1n) is 4.95. The Hall–Kier alpha value is 0.0249. The van der Waals surface area contributed by atoms with Crippen molar-refractivity contribution in [1.82, 2.24) is 5.23 Å². The van der Waals surface area contributed by atoms with E-state index < -0.39 is 0 Å². The highest BCUT2D eigenvalue weighted by molar-refractivity contribution is 6.04. The lowest BCUT2D eigenvalue weighted by molar-refractivity contribution is 0.168. The Balaban J connectivity index is 2.10. The number of hydrogen-bond acceptors (Lipinski definition) is 1. The van der Waals surface area contributed by atoms with Gasteiger partial charge in [0.15, 0.2) is 7.98 Å². The van der Waals surface area contributed by atoms with E-state index in [4.69, 9.17) is 0 Å². The summed E-state index contributed by atoms with van der Waals surface area (Å²) < 4.78 is 0. The van der Waals surface area contributed by atoms with Gasteiger partial charge in [0.1, 0.15) is 0 Å². The molecule has 11 heavy (non-hydrogen) atoms. The van der Waals surface area contributed by atoms with Gasteiger partial charge in [-0.3, -0.25) is 0 Å². The maximum atomic E-state index is 3.33. The minimum atomic E-state index is 0.833. The second-order valence-electron chi connectivity index (χ2n) is 3.98. The van der Waals surface area contributed by atoms with Crippen molar-refractivity contribution in [3.05, 3.63) is 0 Å². The van der Waals surface area contributed by atoms with Crippen molar-refractivity contribution in [2.75, 3.05) is 0 Å². The first-order chi connectivity index (χ1) is 5.27. The van der Waals surface area contributed by atoms with E-state index in [1.54, 1.807) is 0 Å². The Morgan fingerprint density at radius 1 is 1.55 bits per heavy atom. The normalized spacial score (nSPS) is 32.9. The maximum Gasteiger partial charge on any atom is 0.182 e. The summed E-state index contributed by atoms with van der Waals surface area (Å²) in [6.07, 6.45) is 5.60. The molecular formula is C9H20BN. The molecule has 0 bridgehead atoms. The first kappa shape index (κ1) is 9.12. The summed E-state index contributed by atoms with van der Waals surface area (Å²) in [7, 11) is 2.07. The van der Waals surface area contributed by atoms with Crippen LogP contribution >= 0.6 is 0 Å². The smallest absolute Gasteiger partial charge is 0.182 e. The number of hydrogen-bond donors (Lipinski definition) is 1. The van der Waals surface area contributed by atoms with Gasteiger partial charge in [-0.15, -0.1) is 0 Å². The molecule has 1 aliphatic rings. The Morgan fingerprint density at radius 3 is 2.64 bits per heavy atom. The summed E-state index contributed by atoms with van der Waals surface area (Å²) in [4.78, 5) is 0. The zero-order chi connectivity index (χ0) is 8.27. The third kappa shape index (κ3) is 2.23. The summed E-state index contributed by atoms with van der Waals surface area (Å²) in [5, 5.41) is 3.33. The average Bonchev–Trinajstić information content (AvgIpc) is 1.86. The topological polar surface area (TPSA) is 12.0 Å². The molecule has 1 nitrogen and oxygen atoms in total. The summed E-state index contributed by atoms with van der Waals surface area (Å²) in [5.74, 6) is 1.98. The van der Waals surface area contributed by atoms with Crippen LogP contribution in [0.2, 0.25) is 0 Å².